The summed E-state index contributed by atoms with van der Waals surface area (Å²) in [6.07, 6.45) is 4.64. The molecule has 2 aromatic rings. The van der Waals surface area contributed by atoms with Crippen molar-refractivity contribution >= 4 is 0 Å². The molecule has 0 aromatic carbocycles. The lowest BCUT2D eigenvalue weighted by Gasteiger charge is -2.15. The highest BCUT2D eigenvalue weighted by atomic mass is 16.3. The van der Waals surface area contributed by atoms with E-state index >= 15 is 0 Å². The number of furan rings is 1. The summed E-state index contributed by atoms with van der Waals surface area (Å²) < 4.78 is 7.60. The normalized spacial score (nSPS) is 13.1. The number of likely N-dealkylation sites (N-methyl/N-ethyl adjacent to an activating group) is 1. The fraction of sp³-hybridized carbons (Fsp3) is 0.533. The van der Waals surface area contributed by atoms with Crippen molar-refractivity contribution in [2.45, 2.75) is 46.2 Å². The Kier molecular flexibility index (Phi) is 4.43. The molecule has 2 rings (SSSR count). The Labute approximate surface area is 114 Å². The molecular formula is C15H23N3O. The number of nitrogens with one attached hydrogen (secondary N) is 1. The third-order valence-electron chi connectivity index (χ3n) is 3.27. The molecule has 1 unspecified atom stereocenters. The van der Waals surface area contributed by atoms with Crippen LogP contribution in [0.25, 0.3) is 0 Å². The van der Waals surface area contributed by atoms with Gasteiger partial charge in [-0.3, -0.25) is 4.68 Å². The third-order valence-corrected chi connectivity index (χ3v) is 3.27. The van der Waals surface area contributed by atoms with Gasteiger partial charge in [0.25, 0.3) is 0 Å². The molecule has 0 aliphatic carbocycles. The van der Waals surface area contributed by atoms with Gasteiger partial charge in [-0.2, -0.15) is 5.10 Å². The number of aromatic nitrogens is 2. The second-order valence-corrected chi connectivity index (χ2v) is 5.16. The maximum absolute atomic E-state index is 5.61. The fourth-order valence-corrected chi connectivity index (χ4v) is 2.23. The van der Waals surface area contributed by atoms with Crippen LogP contribution in [0.5, 0.6) is 0 Å². The molecule has 2 aromatic heterocycles. The number of aryl methyl sites for hydroxylation is 1. The molecule has 2 heterocycles. The molecule has 0 aliphatic rings. The molecule has 104 valence electrons. The molecule has 0 saturated heterocycles. The van der Waals surface area contributed by atoms with E-state index in [-0.39, 0.29) is 6.04 Å². The van der Waals surface area contributed by atoms with Crippen molar-refractivity contribution in [3.63, 3.8) is 0 Å². The summed E-state index contributed by atoms with van der Waals surface area (Å²) in [7, 11) is 0. The standard InChI is InChI=1S/C15H23N3O/c1-5-16-14(15-12(4)7-9-19-15)10-13-6-8-18(17-13)11(2)3/h6-9,11,14,16H,5,10H2,1-4H3. The van der Waals surface area contributed by atoms with Gasteiger partial charge in [0, 0.05) is 18.7 Å². The van der Waals surface area contributed by atoms with Crippen LogP contribution in [0.3, 0.4) is 0 Å². The highest BCUT2D eigenvalue weighted by molar-refractivity contribution is 5.20. The molecule has 0 aliphatic heterocycles. The topological polar surface area (TPSA) is 43.0 Å². The van der Waals surface area contributed by atoms with E-state index < -0.39 is 0 Å². The van der Waals surface area contributed by atoms with Crippen LogP contribution in [0.2, 0.25) is 0 Å². The number of hydrogen-bond donors (Lipinski definition) is 1. The highest BCUT2D eigenvalue weighted by Gasteiger charge is 2.18. The van der Waals surface area contributed by atoms with Crippen molar-refractivity contribution in [1.29, 1.82) is 0 Å². The monoisotopic (exact) mass is 261 g/mol. The predicted octanol–water partition coefficient (Wildman–Crippen LogP) is 3.26. The zero-order valence-corrected chi connectivity index (χ0v) is 12.2. The summed E-state index contributed by atoms with van der Waals surface area (Å²) >= 11 is 0. The maximum atomic E-state index is 5.61. The van der Waals surface area contributed by atoms with Crippen molar-refractivity contribution in [1.82, 2.24) is 15.1 Å². The van der Waals surface area contributed by atoms with E-state index in [0.29, 0.717) is 6.04 Å². The summed E-state index contributed by atoms with van der Waals surface area (Å²) in [5, 5.41) is 8.08. The second kappa shape index (κ2) is 6.06. The molecule has 1 atom stereocenters. The van der Waals surface area contributed by atoms with E-state index in [1.165, 1.54) is 5.56 Å². The van der Waals surface area contributed by atoms with Gasteiger partial charge in [0.15, 0.2) is 0 Å². The fourth-order valence-electron chi connectivity index (χ4n) is 2.23. The van der Waals surface area contributed by atoms with E-state index in [9.17, 15) is 0 Å². The minimum absolute atomic E-state index is 0.190. The van der Waals surface area contributed by atoms with Crippen molar-refractivity contribution in [2.75, 3.05) is 6.54 Å². The largest absolute Gasteiger partial charge is 0.467 e. The third kappa shape index (κ3) is 3.26. The van der Waals surface area contributed by atoms with Gasteiger partial charge in [-0.15, -0.1) is 0 Å². The van der Waals surface area contributed by atoms with E-state index in [1.54, 1.807) is 6.26 Å². The first-order chi connectivity index (χ1) is 9.11. The lowest BCUT2D eigenvalue weighted by molar-refractivity contribution is 0.409. The molecular weight excluding hydrogens is 238 g/mol. The molecule has 0 bridgehead atoms. The van der Waals surface area contributed by atoms with Gasteiger partial charge in [-0.25, -0.2) is 0 Å². The molecule has 0 amide bonds. The molecule has 0 spiro atoms. The Morgan fingerprint density at radius 2 is 2.16 bits per heavy atom. The lowest BCUT2D eigenvalue weighted by Crippen LogP contribution is -2.23. The van der Waals surface area contributed by atoms with Gasteiger partial charge < -0.3 is 9.73 Å². The first-order valence-electron chi connectivity index (χ1n) is 6.93. The molecule has 19 heavy (non-hydrogen) atoms. The Bertz CT molecular complexity index is 513. The van der Waals surface area contributed by atoms with Crippen molar-refractivity contribution < 1.29 is 4.42 Å². The predicted molar refractivity (Wildman–Crippen MR) is 76.2 cm³/mol. The summed E-state index contributed by atoms with van der Waals surface area (Å²) in [5.74, 6) is 1.01. The maximum Gasteiger partial charge on any atom is 0.123 e. The zero-order chi connectivity index (χ0) is 13.8. The minimum atomic E-state index is 0.190. The molecule has 0 radical (unpaired) electrons. The molecule has 4 nitrogen and oxygen atoms in total. The smallest absolute Gasteiger partial charge is 0.123 e. The minimum Gasteiger partial charge on any atom is -0.467 e. The number of rotatable bonds is 6. The van der Waals surface area contributed by atoms with Gasteiger partial charge in [-0.05, 0) is 45.0 Å². The molecule has 0 saturated carbocycles. The van der Waals surface area contributed by atoms with Crippen LogP contribution < -0.4 is 5.32 Å². The highest BCUT2D eigenvalue weighted by Crippen LogP contribution is 2.22. The van der Waals surface area contributed by atoms with Gasteiger partial charge in [0.1, 0.15) is 5.76 Å². The van der Waals surface area contributed by atoms with E-state index in [2.05, 4.69) is 44.2 Å². The summed E-state index contributed by atoms with van der Waals surface area (Å²) in [6, 6.07) is 4.68. The summed E-state index contributed by atoms with van der Waals surface area (Å²) in [6.45, 7) is 9.37. The molecule has 0 fully saturated rings. The van der Waals surface area contributed by atoms with Crippen LogP contribution in [0.4, 0.5) is 0 Å². The van der Waals surface area contributed by atoms with Crippen LogP contribution >= 0.6 is 0 Å². The average Bonchev–Trinajstić information content (AvgIpc) is 2.97. The Balaban J connectivity index is 2.14. The van der Waals surface area contributed by atoms with E-state index in [4.69, 9.17) is 4.42 Å². The van der Waals surface area contributed by atoms with Gasteiger partial charge >= 0.3 is 0 Å². The number of nitrogens with zero attached hydrogens (tertiary/aromatic N) is 2. The van der Waals surface area contributed by atoms with Crippen LogP contribution in [-0.2, 0) is 6.42 Å². The van der Waals surface area contributed by atoms with Crippen molar-refractivity contribution in [3.8, 4) is 0 Å². The lowest BCUT2D eigenvalue weighted by atomic mass is 10.1. The summed E-state index contributed by atoms with van der Waals surface area (Å²) in [4.78, 5) is 0. The average molecular weight is 261 g/mol. The Hall–Kier alpha value is -1.55. The Morgan fingerprint density at radius 3 is 2.68 bits per heavy atom. The molecule has 1 N–H and O–H groups in total. The van der Waals surface area contributed by atoms with Crippen LogP contribution in [0, 0.1) is 6.92 Å². The van der Waals surface area contributed by atoms with Crippen LogP contribution in [-0.4, -0.2) is 16.3 Å². The van der Waals surface area contributed by atoms with Crippen molar-refractivity contribution in [3.05, 3.63) is 41.6 Å². The summed E-state index contributed by atoms with van der Waals surface area (Å²) in [5.41, 5.74) is 2.28. The van der Waals surface area contributed by atoms with Crippen LogP contribution in [0.15, 0.2) is 29.0 Å². The SMILES string of the molecule is CCNC(Cc1ccn(C(C)C)n1)c1occc1C. The van der Waals surface area contributed by atoms with Gasteiger partial charge in [-0.1, -0.05) is 6.92 Å². The zero-order valence-electron chi connectivity index (χ0n) is 12.2. The first kappa shape index (κ1) is 13.9. The number of hydrogen-bond acceptors (Lipinski definition) is 3. The molecule has 4 heteroatoms. The van der Waals surface area contributed by atoms with Gasteiger partial charge in [0.05, 0.1) is 18.0 Å². The second-order valence-electron chi connectivity index (χ2n) is 5.16. The van der Waals surface area contributed by atoms with E-state index in [0.717, 1.165) is 24.4 Å². The first-order valence-corrected chi connectivity index (χ1v) is 6.93. The van der Waals surface area contributed by atoms with Gasteiger partial charge in [0.2, 0.25) is 0 Å². The van der Waals surface area contributed by atoms with E-state index in [1.807, 2.05) is 16.9 Å². The Morgan fingerprint density at radius 1 is 1.37 bits per heavy atom. The van der Waals surface area contributed by atoms with Crippen molar-refractivity contribution in [2.24, 2.45) is 0 Å². The van der Waals surface area contributed by atoms with Crippen LogP contribution in [0.1, 0.15) is 49.9 Å². The quantitative estimate of drug-likeness (QED) is 0.868.